The van der Waals surface area contributed by atoms with Gasteiger partial charge in [-0.05, 0) is 36.1 Å². The molecule has 2 aromatic rings. The topological polar surface area (TPSA) is 58.2 Å². The monoisotopic (exact) mass is 280 g/mol. The van der Waals surface area contributed by atoms with Gasteiger partial charge in [0.05, 0.1) is 0 Å². The summed E-state index contributed by atoms with van der Waals surface area (Å²) in [7, 11) is 0. The molecule has 4 heteroatoms. The standard InChI is InChI=1S/C17H16N2O2/c1-11-8-9-14(10-12(11)2)17(13-6-4-3-5-7-13)15(20)18-16(21)19-17/h3-10H,1-2H3,(H2,18,19,20,21)/t17-/m0/s1. The first-order valence-electron chi connectivity index (χ1n) is 6.81. The minimum absolute atomic E-state index is 0.345. The molecule has 1 fully saturated rings. The average Bonchev–Trinajstić information content (AvgIpc) is 2.78. The second kappa shape index (κ2) is 4.74. The van der Waals surface area contributed by atoms with Gasteiger partial charge in [0.25, 0.3) is 5.91 Å². The van der Waals surface area contributed by atoms with Gasteiger partial charge in [-0.3, -0.25) is 10.1 Å². The van der Waals surface area contributed by atoms with Crippen LogP contribution >= 0.6 is 0 Å². The second-order valence-corrected chi connectivity index (χ2v) is 5.32. The Morgan fingerprint density at radius 3 is 2.14 bits per heavy atom. The molecule has 1 saturated heterocycles. The lowest BCUT2D eigenvalue weighted by molar-refractivity contribution is -0.122. The van der Waals surface area contributed by atoms with Crippen molar-refractivity contribution in [2.24, 2.45) is 0 Å². The Kier molecular flexibility index (Phi) is 3.01. The molecule has 3 amide bonds. The molecule has 0 spiro atoms. The number of aryl methyl sites for hydroxylation is 2. The van der Waals surface area contributed by atoms with Crippen LogP contribution in [0.5, 0.6) is 0 Å². The van der Waals surface area contributed by atoms with Crippen molar-refractivity contribution in [3.8, 4) is 0 Å². The molecule has 2 N–H and O–H groups in total. The van der Waals surface area contributed by atoms with Gasteiger partial charge in [-0.15, -0.1) is 0 Å². The Morgan fingerprint density at radius 1 is 0.857 bits per heavy atom. The highest BCUT2D eigenvalue weighted by Crippen LogP contribution is 2.33. The van der Waals surface area contributed by atoms with Gasteiger partial charge < -0.3 is 5.32 Å². The molecular formula is C17H16N2O2. The molecule has 2 aromatic carbocycles. The first-order valence-corrected chi connectivity index (χ1v) is 6.81. The predicted molar refractivity (Wildman–Crippen MR) is 79.8 cm³/mol. The molecule has 1 aliphatic heterocycles. The zero-order chi connectivity index (χ0) is 15.0. The lowest BCUT2D eigenvalue weighted by atomic mass is 9.82. The molecule has 4 nitrogen and oxygen atoms in total. The maximum Gasteiger partial charge on any atom is 0.322 e. The number of benzene rings is 2. The van der Waals surface area contributed by atoms with E-state index in [1.165, 1.54) is 0 Å². The lowest BCUT2D eigenvalue weighted by Gasteiger charge is -2.27. The number of urea groups is 1. The molecule has 1 heterocycles. The van der Waals surface area contributed by atoms with Crippen molar-refractivity contribution in [1.29, 1.82) is 0 Å². The summed E-state index contributed by atoms with van der Waals surface area (Å²) < 4.78 is 0. The van der Waals surface area contributed by atoms with Gasteiger partial charge in [0, 0.05) is 0 Å². The highest BCUT2D eigenvalue weighted by molar-refractivity contribution is 6.09. The van der Waals surface area contributed by atoms with Crippen molar-refractivity contribution in [2.75, 3.05) is 0 Å². The number of hydrogen-bond acceptors (Lipinski definition) is 2. The first kappa shape index (κ1) is 13.4. The Balaban J connectivity index is 2.24. The Bertz CT molecular complexity index is 725. The highest BCUT2D eigenvalue weighted by Gasteiger charge is 2.49. The molecule has 0 unspecified atom stereocenters. The van der Waals surface area contributed by atoms with E-state index in [-0.39, 0.29) is 5.91 Å². The van der Waals surface area contributed by atoms with E-state index >= 15 is 0 Å². The molecule has 21 heavy (non-hydrogen) atoms. The molecule has 1 atom stereocenters. The third kappa shape index (κ3) is 2.00. The van der Waals surface area contributed by atoms with Crippen LogP contribution in [0.15, 0.2) is 48.5 Å². The minimum Gasteiger partial charge on any atom is -0.316 e. The van der Waals surface area contributed by atoms with Crippen LogP contribution in [0.2, 0.25) is 0 Å². The first-order chi connectivity index (χ1) is 10.0. The maximum absolute atomic E-state index is 12.5. The number of hydrogen-bond donors (Lipinski definition) is 2. The van der Waals surface area contributed by atoms with Crippen LogP contribution in [-0.4, -0.2) is 11.9 Å². The summed E-state index contributed by atoms with van der Waals surface area (Å²) in [6, 6.07) is 14.6. The van der Waals surface area contributed by atoms with Crippen molar-refractivity contribution < 1.29 is 9.59 Å². The largest absolute Gasteiger partial charge is 0.322 e. The number of rotatable bonds is 2. The quantitative estimate of drug-likeness (QED) is 0.830. The van der Waals surface area contributed by atoms with Crippen molar-refractivity contribution in [2.45, 2.75) is 19.4 Å². The van der Waals surface area contributed by atoms with E-state index < -0.39 is 11.6 Å². The van der Waals surface area contributed by atoms with Gasteiger partial charge in [0.2, 0.25) is 0 Å². The third-order valence-electron chi connectivity index (χ3n) is 4.02. The van der Waals surface area contributed by atoms with Crippen LogP contribution < -0.4 is 10.6 Å². The molecule has 0 aromatic heterocycles. The SMILES string of the molecule is Cc1ccc([C@]2(c3ccccc3)NC(=O)NC2=O)cc1C. The molecule has 106 valence electrons. The van der Waals surface area contributed by atoms with E-state index in [1.54, 1.807) is 0 Å². The second-order valence-electron chi connectivity index (χ2n) is 5.32. The number of carbonyl (C=O) groups excluding carboxylic acids is 2. The van der Waals surface area contributed by atoms with Crippen LogP contribution in [0, 0.1) is 13.8 Å². The highest BCUT2D eigenvalue weighted by atomic mass is 16.2. The van der Waals surface area contributed by atoms with Gasteiger partial charge in [0.1, 0.15) is 0 Å². The zero-order valence-corrected chi connectivity index (χ0v) is 11.9. The van der Waals surface area contributed by atoms with E-state index in [0.29, 0.717) is 0 Å². The van der Waals surface area contributed by atoms with Crippen LogP contribution in [0.4, 0.5) is 4.79 Å². The van der Waals surface area contributed by atoms with Gasteiger partial charge in [-0.1, -0.05) is 48.5 Å². The Hall–Kier alpha value is -2.62. The van der Waals surface area contributed by atoms with Crippen LogP contribution in [0.3, 0.4) is 0 Å². The fraction of sp³-hybridized carbons (Fsp3) is 0.176. The summed E-state index contributed by atoms with van der Waals surface area (Å²) in [4.78, 5) is 24.2. The van der Waals surface area contributed by atoms with Gasteiger partial charge in [-0.2, -0.15) is 0 Å². The Morgan fingerprint density at radius 2 is 1.57 bits per heavy atom. The number of imide groups is 1. The normalized spacial score (nSPS) is 21.0. The molecule has 0 bridgehead atoms. The summed E-state index contributed by atoms with van der Waals surface area (Å²) in [6.45, 7) is 4.01. The van der Waals surface area contributed by atoms with E-state index in [4.69, 9.17) is 0 Å². The molecule has 0 saturated carbocycles. The number of carbonyl (C=O) groups is 2. The molecular weight excluding hydrogens is 264 g/mol. The molecule has 0 aliphatic carbocycles. The van der Waals surface area contributed by atoms with Crippen LogP contribution in [-0.2, 0) is 10.3 Å². The van der Waals surface area contributed by atoms with Crippen LogP contribution in [0.1, 0.15) is 22.3 Å². The molecule has 0 radical (unpaired) electrons. The smallest absolute Gasteiger partial charge is 0.316 e. The van der Waals surface area contributed by atoms with Crippen molar-refractivity contribution in [1.82, 2.24) is 10.6 Å². The summed E-state index contributed by atoms with van der Waals surface area (Å²) in [6.07, 6.45) is 0. The lowest BCUT2D eigenvalue weighted by Crippen LogP contribution is -2.44. The van der Waals surface area contributed by atoms with Crippen molar-refractivity contribution >= 4 is 11.9 Å². The van der Waals surface area contributed by atoms with Gasteiger partial charge in [0.15, 0.2) is 5.54 Å². The summed E-state index contributed by atoms with van der Waals surface area (Å²) in [5, 5.41) is 5.15. The van der Waals surface area contributed by atoms with E-state index in [9.17, 15) is 9.59 Å². The number of amides is 3. The fourth-order valence-electron chi connectivity index (χ4n) is 2.69. The fourth-order valence-corrected chi connectivity index (χ4v) is 2.69. The van der Waals surface area contributed by atoms with E-state index in [0.717, 1.165) is 22.3 Å². The predicted octanol–water partition coefficient (Wildman–Crippen LogP) is 2.39. The van der Waals surface area contributed by atoms with Crippen molar-refractivity contribution in [3.05, 3.63) is 70.8 Å². The minimum atomic E-state index is -1.16. The van der Waals surface area contributed by atoms with E-state index in [1.807, 2.05) is 62.4 Å². The third-order valence-corrected chi connectivity index (χ3v) is 4.02. The van der Waals surface area contributed by atoms with Crippen LogP contribution in [0.25, 0.3) is 0 Å². The number of nitrogens with one attached hydrogen (secondary N) is 2. The molecule has 3 rings (SSSR count). The zero-order valence-electron chi connectivity index (χ0n) is 11.9. The maximum atomic E-state index is 12.5. The van der Waals surface area contributed by atoms with Gasteiger partial charge >= 0.3 is 6.03 Å². The average molecular weight is 280 g/mol. The Labute approximate surface area is 123 Å². The summed E-state index contributed by atoms with van der Waals surface area (Å²) in [5.74, 6) is -0.345. The molecule has 1 aliphatic rings. The summed E-state index contributed by atoms with van der Waals surface area (Å²) >= 11 is 0. The van der Waals surface area contributed by atoms with E-state index in [2.05, 4.69) is 10.6 Å². The summed E-state index contributed by atoms with van der Waals surface area (Å²) in [5.41, 5.74) is 2.58. The van der Waals surface area contributed by atoms with Gasteiger partial charge in [-0.25, -0.2) is 4.79 Å². The van der Waals surface area contributed by atoms with Crippen molar-refractivity contribution in [3.63, 3.8) is 0 Å².